The first-order valence-electron chi connectivity index (χ1n) is 6.01. The van der Waals surface area contributed by atoms with Crippen LogP contribution in [0.1, 0.15) is 10.4 Å². The van der Waals surface area contributed by atoms with Crippen molar-refractivity contribution in [3.05, 3.63) is 29.8 Å². The van der Waals surface area contributed by atoms with Gasteiger partial charge in [0.15, 0.2) is 0 Å². The number of amides is 2. The fourth-order valence-corrected chi connectivity index (χ4v) is 2.15. The minimum absolute atomic E-state index is 0.0476. The number of nitrogens with zero attached hydrogens (tertiary/aromatic N) is 1. The van der Waals surface area contributed by atoms with Crippen LogP contribution in [0.4, 0.5) is 10.5 Å². The molecule has 0 unspecified atom stereocenters. The molecule has 0 aliphatic carbocycles. The highest BCUT2D eigenvalue weighted by atomic mass is 32.2. The molecule has 0 saturated heterocycles. The van der Waals surface area contributed by atoms with Gasteiger partial charge in [-0.15, -0.1) is 0 Å². The van der Waals surface area contributed by atoms with E-state index in [-0.39, 0.29) is 23.5 Å². The maximum atomic E-state index is 11.6. The lowest BCUT2D eigenvalue weighted by atomic mass is 10.2. The number of hydrogen-bond acceptors (Lipinski definition) is 4. The first kappa shape index (κ1) is 16.9. The van der Waals surface area contributed by atoms with Crippen molar-refractivity contribution in [3.63, 3.8) is 0 Å². The highest BCUT2D eigenvalue weighted by Crippen LogP contribution is 2.14. The van der Waals surface area contributed by atoms with E-state index in [1.807, 2.05) is 0 Å². The Morgan fingerprint density at radius 3 is 2.43 bits per heavy atom. The number of carbonyl (C=O) groups excluding carboxylic acids is 1. The average Bonchev–Trinajstić information content (AvgIpc) is 2.38. The number of hydrogen-bond donors (Lipinski definition) is 3. The zero-order valence-electron chi connectivity index (χ0n) is 11.7. The van der Waals surface area contributed by atoms with Crippen LogP contribution < -0.4 is 10.6 Å². The third kappa shape index (κ3) is 5.04. The molecule has 0 saturated carbocycles. The van der Waals surface area contributed by atoms with Crippen LogP contribution in [-0.2, 0) is 10.0 Å². The molecule has 0 aliphatic rings. The van der Waals surface area contributed by atoms with Crippen LogP contribution in [0.2, 0.25) is 0 Å². The van der Waals surface area contributed by atoms with E-state index in [9.17, 15) is 18.0 Å². The molecule has 0 fully saturated rings. The fraction of sp³-hybridized carbons (Fsp3) is 0.333. The molecule has 1 aromatic carbocycles. The predicted molar refractivity (Wildman–Crippen MR) is 77.9 cm³/mol. The fourth-order valence-electron chi connectivity index (χ4n) is 1.42. The number of sulfonamides is 1. The summed E-state index contributed by atoms with van der Waals surface area (Å²) < 4.78 is 24.0. The number of nitrogens with one attached hydrogen (secondary N) is 2. The predicted octanol–water partition coefficient (Wildman–Crippen LogP) is 0.398. The topological polar surface area (TPSA) is 116 Å². The molecular formula is C12H17N3O5S. The average molecular weight is 315 g/mol. The number of rotatable bonds is 6. The molecule has 8 nitrogen and oxygen atoms in total. The van der Waals surface area contributed by atoms with Crippen LogP contribution in [0.15, 0.2) is 24.3 Å². The van der Waals surface area contributed by atoms with Gasteiger partial charge in [-0.25, -0.2) is 22.3 Å². The van der Waals surface area contributed by atoms with E-state index in [1.54, 1.807) is 6.07 Å². The van der Waals surface area contributed by atoms with Crippen molar-refractivity contribution in [3.8, 4) is 0 Å². The standard InChI is InChI=1S/C12H17N3O5S/c1-15(2)21(19,20)8-7-13-12(18)14-10-6-4-3-5-9(10)11(16)17/h3-6H,7-8H2,1-2H3,(H,16,17)(H2,13,14,18). The maximum absolute atomic E-state index is 11.6. The van der Waals surface area contributed by atoms with Crippen molar-refractivity contribution in [2.24, 2.45) is 0 Å². The highest BCUT2D eigenvalue weighted by Gasteiger charge is 2.15. The second kappa shape index (κ2) is 7.04. The Morgan fingerprint density at radius 2 is 1.86 bits per heavy atom. The van der Waals surface area contributed by atoms with Crippen LogP contribution in [0, 0.1) is 0 Å². The van der Waals surface area contributed by atoms with Crippen molar-refractivity contribution < 1.29 is 23.1 Å². The smallest absolute Gasteiger partial charge is 0.337 e. The molecule has 3 N–H and O–H groups in total. The lowest BCUT2D eigenvalue weighted by Gasteiger charge is -2.12. The first-order valence-corrected chi connectivity index (χ1v) is 7.62. The Hall–Kier alpha value is -2.13. The van der Waals surface area contributed by atoms with Crippen LogP contribution in [0.5, 0.6) is 0 Å². The van der Waals surface area contributed by atoms with Gasteiger partial charge in [0, 0.05) is 20.6 Å². The van der Waals surface area contributed by atoms with Gasteiger partial charge in [-0.1, -0.05) is 12.1 Å². The minimum Gasteiger partial charge on any atom is -0.478 e. The first-order chi connectivity index (χ1) is 9.74. The van der Waals surface area contributed by atoms with Gasteiger partial charge in [0.2, 0.25) is 10.0 Å². The molecule has 0 heterocycles. The SMILES string of the molecule is CN(C)S(=O)(=O)CCNC(=O)Nc1ccccc1C(=O)O. The summed E-state index contributed by atoms with van der Waals surface area (Å²) in [7, 11) is -0.589. The van der Waals surface area contributed by atoms with Crippen LogP contribution >= 0.6 is 0 Å². The summed E-state index contributed by atoms with van der Waals surface area (Å²) in [6, 6.07) is 5.25. The molecule has 9 heteroatoms. The highest BCUT2D eigenvalue weighted by molar-refractivity contribution is 7.89. The zero-order valence-corrected chi connectivity index (χ0v) is 12.5. The number of urea groups is 1. The number of carboxylic acids is 1. The van der Waals surface area contributed by atoms with E-state index in [1.165, 1.54) is 32.3 Å². The molecular weight excluding hydrogens is 298 g/mol. The Morgan fingerprint density at radius 1 is 1.24 bits per heavy atom. The van der Waals surface area contributed by atoms with Gasteiger partial charge in [-0.05, 0) is 12.1 Å². The molecule has 1 rings (SSSR count). The summed E-state index contributed by atoms with van der Waals surface area (Å²) >= 11 is 0. The van der Waals surface area contributed by atoms with Gasteiger partial charge in [0.05, 0.1) is 17.0 Å². The third-order valence-electron chi connectivity index (χ3n) is 2.61. The van der Waals surface area contributed by atoms with Crippen LogP contribution in [0.3, 0.4) is 0 Å². The summed E-state index contributed by atoms with van der Waals surface area (Å²) in [6.07, 6.45) is 0. The number of carbonyl (C=O) groups is 2. The number of benzene rings is 1. The number of carboxylic acid groups (broad SMARTS) is 1. The Kier molecular flexibility index (Phi) is 5.68. The molecule has 0 aliphatic heterocycles. The summed E-state index contributed by atoms with van der Waals surface area (Å²) in [6.45, 7) is -0.0818. The van der Waals surface area contributed by atoms with Crippen molar-refractivity contribution in [2.45, 2.75) is 0 Å². The second-order valence-corrected chi connectivity index (χ2v) is 6.63. The molecule has 0 spiro atoms. The Labute approximate surface area is 122 Å². The zero-order chi connectivity index (χ0) is 16.0. The van der Waals surface area contributed by atoms with E-state index >= 15 is 0 Å². The van der Waals surface area contributed by atoms with E-state index in [2.05, 4.69) is 10.6 Å². The maximum Gasteiger partial charge on any atom is 0.337 e. The van der Waals surface area contributed by atoms with E-state index in [0.717, 1.165) is 4.31 Å². The normalized spacial score (nSPS) is 11.2. The molecule has 0 atom stereocenters. The monoisotopic (exact) mass is 315 g/mol. The van der Waals surface area contributed by atoms with E-state index in [0.29, 0.717) is 0 Å². The minimum atomic E-state index is -3.39. The lowest BCUT2D eigenvalue weighted by molar-refractivity contribution is 0.0698. The summed E-state index contributed by atoms with van der Waals surface area (Å²) in [5, 5.41) is 13.7. The molecule has 21 heavy (non-hydrogen) atoms. The van der Waals surface area contributed by atoms with Crippen molar-refractivity contribution >= 4 is 27.7 Å². The van der Waals surface area contributed by atoms with Gasteiger partial charge in [0.1, 0.15) is 0 Å². The lowest BCUT2D eigenvalue weighted by Crippen LogP contribution is -2.36. The van der Waals surface area contributed by atoms with Crippen LogP contribution in [0.25, 0.3) is 0 Å². The number of anilines is 1. The molecule has 2 amide bonds. The quantitative estimate of drug-likeness (QED) is 0.702. The van der Waals surface area contributed by atoms with Gasteiger partial charge in [0.25, 0.3) is 0 Å². The summed E-state index contributed by atoms with van der Waals surface area (Å²) in [4.78, 5) is 22.6. The van der Waals surface area contributed by atoms with Crippen LogP contribution in [-0.4, -0.2) is 56.2 Å². The van der Waals surface area contributed by atoms with Crippen molar-refractivity contribution in [1.29, 1.82) is 0 Å². The van der Waals surface area contributed by atoms with Gasteiger partial charge in [-0.3, -0.25) is 0 Å². The third-order valence-corrected chi connectivity index (χ3v) is 4.44. The second-order valence-electron chi connectivity index (χ2n) is 4.33. The molecule has 116 valence electrons. The van der Waals surface area contributed by atoms with Crippen molar-refractivity contribution in [2.75, 3.05) is 31.7 Å². The molecule has 0 bridgehead atoms. The van der Waals surface area contributed by atoms with Gasteiger partial charge in [-0.2, -0.15) is 0 Å². The van der Waals surface area contributed by atoms with Gasteiger partial charge >= 0.3 is 12.0 Å². The Bertz CT molecular complexity index is 628. The van der Waals surface area contributed by atoms with E-state index in [4.69, 9.17) is 5.11 Å². The largest absolute Gasteiger partial charge is 0.478 e. The summed E-state index contributed by atoms with van der Waals surface area (Å²) in [5.74, 6) is -1.41. The molecule has 0 aromatic heterocycles. The Balaban J connectivity index is 2.58. The van der Waals surface area contributed by atoms with Gasteiger partial charge < -0.3 is 15.7 Å². The van der Waals surface area contributed by atoms with E-state index < -0.39 is 22.0 Å². The molecule has 0 radical (unpaired) electrons. The number of aromatic carboxylic acids is 1. The number of para-hydroxylation sites is 1. The van der Waals surface area contributed by atoms with Crippen molar-refractivity contribution in [1.82, 2.24) is 9.62 Å². The summed E-state index contributed by atoms with van der Waals surface area (Å²) in [5.41, 5.74) is 0.0894. The molecule has 1 aromatic rings.